The van der Waals surface area contributed by atoms with Crippen LogP contribution in [0.2, 0.25) is 0 Å². The Morgan fingerprint density at radius 1 is 1.39 bits per heavy atom. The number of carbonyl (C=O) groups is 2. The van der Waals surface area contributed by atoms with Gasteiger partial charge in [-0.1, -0.05) is 0 Å². The Bertz CT molecular complexity index is 325. The summed E-state index contributed by atoms with van der Waals surface area (Å²) in [5, 5.41) is 12.3. The molecule has 0 saturated carbocycles. The van der Waals surface area contributed by atoms with E-state index in [-0.39, 0.29) is 24.8 Å². The molecule has 6 heteroatoms. The van der Waals surface area contributed by atoms with Gasteiger partial charge in [0.25, 0.3) is 0 Å². The smallest absolute Gasteiger partial charge is 0.410 e. The van der Waals surface area contributed by atoms with Crippen LogP contribution in [-0.4, -0.2) is 53.8 Å². The van der Waals surface area contributed by atoms with Crippen LogP contribution in [0.4, 0.5) is 4.79 Å². The second kappa shape index (κ2) is 5.56. The highest BCUT2D eigenvalue weighted by Gasteiger charge is 2.36. The Kier molecular flexibility index (Phi) is 4.56. The number of aliphatic hydroxyl groups is 1. The Balaban J connectivity index is 2.53. The summed E-state index contributed by atoms with van der Waals surface area (Å²) in [5.74, 6) is -0.359. The highest BCUT2D eigenvalue weighted by atomic mass is 16.6. The van der Waals surface area contributed by atoms with E-state index in [0.717, 1.165) is 0 Å². The molecule has 0 aromatic heterocycles. The van der Waals surface area contributed by atoms with Crippen molar-refractivity contribution in [2.45, 2.75) is 38.9 Å². The van der Waals surface area contributed by atoms with Gasteiger partial charge >= 0.3 is 6.09 Å². The van der Waals surface area contributed by atoms with E-state index in [1.165, 1.54) is 4.90 Å². The lowest BCUT2D eigenvalue weighted by molar-refractivity contribution is -0.122. The number of nitrogens with zero attached hydrogens (tertiary/aromatic N) is 1. The van der Waals surface area contributed by atoms with Gasteiger partial charge in [0.05, 0.1) is 12.6 Å². The highest BCUT2D eigenvalue weighted by molar-refractivity contribution is 5.76. The van der Waals surface area contributed by atoms with E-state index in [9.17, 15) is 14.7 Å². The van der Waals surface area contributed by atoms with Gasteiger partial charge in [-0.25, -0.2) is 4.79 Å². The Morgan fingerprint density at radius 3 is 2.50 bits per heavy atom. The van der Waals surface area contributed by atoms with Crippen LogP contribution >= 0.6 is 0 Å². The van der Waals surface area contributed by atoms with E-state index in [4.69, 9.17) is 4.74 Å². The summed E-state index contributed by atoms with van der Waals surface area (Å²) in [6, 6.07) is 0. The lowest BCUT2D eigenvalue weighted by Crippen LogP contribution is -2.36. The zero-order chi connectivity index (χ0) is 13.9. The Hall–Kier alpha value is -1.30. The quantitative estimate of drug-likeness (QED) is 0.749. The summed E-state index contributed by atoms with van der Waals surface area (Å²) in [6.45, 7) is 5.94. The molecule has 6 nitrogen and oxygen atoms in total. The van der Waals surface area contributed by atoms with Gasteiger partial charge in [0.1, 0.15) is 5.60 Å². The van der Waals surface area contributed by atoms with Crippen molar-refractivity contribution in [3.8, 4) is 0 Å². The zero-order valence-electron chi connectivity index (χ0n) is 11.4. The molecule has 1 saturated heterocycles. The first kappa shape index (κ1) is 14.8. The van der Waals surface area contributed by atoms with Gasteiger partial charge in [-0.2, -0.15) is 0 Å². The van der Waals surface area contributed by atoms with Gasteiger partial charge < -0.3 is 20.1 Å². The van der Waals surface area contributed by atoms with Crippen molar-refractivity contribution < 1.29 is 19.4 Å². The minimum absolute atomic E-state index is 0.134. The SMILES string of the molecule is CNC(=O)CC1CN(C(=O)OC(C)(C)C)CC1O. The molecule has 0 aliphatic carbocycles. The first-order valence-electron chi connectivity index (χ1n) is 6.09. The average Bonchev–Trinajstić information content (AvgIpc) is 2.58. The fraction of sp³-hybridized carbons (Fsp3) is 0.833. The van der Waals surface area contributed by atoms with E-state index in [1.807, 2.05) is 0 Å². The second-order valence-electron chi connectivity index (χ2n) is 5.59. The molecule has 2 atom stereocenters. The summed E-state index contributed by atoms with van der Waals surface area (Å²) >= 11 is 0. The zero-order valence-corrected chi connectivity index (χ0v) is 11.4. The number of ether oxygens (including phenoxy) is 1. The number of aliphatic hydroxyl groups excluding tert-OH is 1. The van der Waals surface area contributed by atoms with Crippen LogP contribution in [-0.2, 0) is 9.53 Å². The third-order valence-electron chi connectivity index (χ3n) is 2.78. The number of nitrogens with one attached hydrogen (secondary N) is 1. The van der Waals surface area contributed by atoms with Crippen LogP contribution in [0, 0.1) is 5.92 Å². The van der Waals surface area contributed by atoms with Gasteiger partial charge in [-0.15, -0.1) is 0 Å². The summed E-state index contributed by atoms with van der Waals surface area (Å²) in [4.78, 5) is 24.5. The third kappa shape index (κ3) is 4.18. The third-order valence-corrected chi connectivity index (χ3v) is 2.78. The summed E-state index contributed by atoms with van der Waals surface area (Å²) in [6.07, 6.45) is -0.896. The molecule has 2 unspecified atom stereocenters. The number of rotatable bonds is 2. The number of hydrogen-bond donors (Lipinski definition) is 2. The van der Waals surface area contributed by atoms with E-state index in [0.29, 0.717) is 6.54 Å². The van der Waals surface area contributed by atoms with E-state index < -0.39 is 17.8 Å². The van der Waals surface area contributed by atoms with Gasteiger partial charge in [0.2, 0.25) is 5.91 Å². The Labute approximate surface area is 107 Å². The van der Waals surface area contributed by atoms with Crippen LogP contribution in [0.3, 0.4) is 0 Å². The Morgan fingerprint density at radius 2 is 2.00 bits per heavy atom. The van der Waals surface area contributed by atoms with Gasteiger partial charge in [0.15, 0.2) is 0 Å². The summed E-state index contributed by atoms with van der Waals surface area (Å²) in [5.41, 5.74) is -0.555. The van der Waals surface area contributed by atoms with Crippen molar-refractivity contribution in [1.29, 1.82) is 0 Å². The maximum absolute atomic E-state index is 11.8. The van der Waals surface area contributed by atoms with Crippen LogP contribution in [0.25, 0.3) is 0 Å². The van der Waals surface area contributed by atoms with E-state index in [2.05, 4.69) is 5.32 Å². The predicted molar refractivity (Wildman–Crippen MR) is 66.0 cm³/mol. The molecule has 1 fully saturated rings. The number of carbonyl (C=O) groups excluding carboxylic acids is 2. The van der Waals surface area contributed by atoms with E-state index in [1.54, 1.807) is 27.8 Å². The standard InChI is InChI=1S/C12H22N2O4/c1-12(2,3)18-11(17)14-6-8(9(15)7-14)5-10(16)13-4/h8-9,15H,5-7H2,1-4H3,(H,13,16). The van der Waals surface area contributed by atoms with Crippen LogP contribution in [0.15, 0.2) is 0 Å². The van der Waals surface area contributed by atoms with E-state index >= 15 is 0 Å². The monoisotopic (exact) mass is 258 g/mol. The second-order valence-corrected chi connectivity index (χ2v) is 5.59. The topological polar surface area (TPSA) is 78.9 Å². The average molecular weight is 258 g/mol. The van der Waals surface area contributed by atoms with Crippen molar-refractivity contribution in [2.24, 2.45) is 5.92 Å². The molecule has 0 aromatic rings. The largest absolute Gasteiger partial charge is 0.444 e. The van der Waals surface area contributed by atoms with Crippen molar-refractivity contribution in [3.63, 3.8) is 0 Å². The normalized spacial score (nSPS) is 23.9. The van der Waals surface area contributed by atoms with Crippen LogP contribution < -0.4 is 5.32 Å². The predicted octanol–water partition coefficient (Wildman–Crippen LogP) is 0.350. The number of likely N-dealkylation sites (tertiary alicyclic amines) is 1. The molecule has 104 valence electrons. The molecule has 0 aromatic carbocycles. The molecule has 0 radical (unpaired) electrons. The maximum atomic E-state index is 11.8. The molecule has 2 N–H and O–H groups in total. The molecule has 1 rings (SSSR count). The number of β-amino-alcohol motifs (C(OH)–C–C–N with tert-alkyl or cyclic N) is 1. The molecule has 18 heavy (non-hydrogen) atoms. The molecule has 1 aliphatic rings. The lowest BCUT2D eigenvalue weighted by Gasteiger charge is -2.24. The number of amides is 2. The maximum Gasteiger partial charge on any atom is 0.410 e. The minimum Gasteiger partial charge on any atom is -0.444 e. The molecule has 1 aliphatic heterocycles. The molecular weight excluding hydrogens is 236 g/mol. The van der Waals surface area contributed by atoms with Crippen molar-refractivity contribution in [1.82, 2.24) is 10.2 Å². The fourth-order valence-electron chi connectivity index (χ4n) is 1.87. The van der Waals surface area contributed by atoms with Gasteiger partial charge in [-0.05, 0) is 20.8 Å². The first-order valence-corrected chi connectivity index (χ1v) is 6.09. The van der Waals surface area contributed by atoms with Crippen LogP contribution in [0.5, 0.6) is 0 Å². The van der Waals surface area contributed by atoms with Crippen molar-refractivity contribution >= 4 is 12.0 Å². The van der Waals surface area contributed by atoms with Crippen molar-refractivity contribution in [3.05, 3.63) is 0 Å². The lowest BCUT2D eigenvalue weighted by atomic mass is 10.0. The van der Waals surface area contributed by atoms with Gasteiger partial charge in [0, 0.05) is 25.9 Å². The highest BCUT2D eigenvalue weighted by Crippen LogP contribution is 2.22. The molecule has 1 heterocycles. The summed E-state index contributed by atoms with van der Waals surface area (Å²) in [7, 11) is 1.55. The van der Waals surface area contributed by atoms with Crippen molar-refractivity contribution in [2.75, 3.05) is 20.1 Å². The molecule has 0 bridgehead atoms. The molecular formula is C12H22N2O4. The van der Waals surface area contributed by atoms with Gasteiger partial charge in [-0.3, -0.25) is 4.79 Å². The fourth-order valence-corrected chi connectivity index (χ4v) is 1.87. The first-order chi connectivity index (χ1) is 8.23. The minimum atomic E-state index is -0.671. The molecule has 0 spiro atoms. The van der Waals surface area contributed by atoms with Crippen LogP contribution in [0.1, 0.15) is 27.2 Å². The number of hydrogen-bond acceptors (Lipinski definition) is 4. The molecule has 2 amide bonds. The summed E-state index contributed by atoms with van der Waals surface area (Å²) < 4.78 is 5.22.